The van der Waals surface area contributed by atoms with Crippen LogP contribution in [0.25, 0.3) is 0 Å². The summed E-state index contributed by atoms with van der Waals surface area (Å²) in [5.74, 6) is 0.331. The van der Waals surface area contributed by atoms with Crippen molar-refractivity contribution in [3.63, 3.8) is 0 Å². The number of anilines is 2. The number of nitrogens with zero attached hydrogens (tertiary/aromatic N) is 1. The molecule has 2 aromatic rings. The van der Waals surface area contributed by atoms with Gasteiger partial charge >= 0.3 is 0 Å². The zero-order valence-electron chi connectivity index (χ0n) is 12.7. The maximum absolute atomic E-state index is 8.30. The lowest BCUT2D eigenvalue weighted by atomic mass is 10.3. The first kappa shape index (κ1) is 17.2. The number of nitrogens with one attached hydrogen (secondary N) is 2. The molecule has 116 valence electrons. The van der Waals surface area contributed by atoms with Crippen LogP contribution in [0.15, 0.2) is 56.7 Å². The van der Waals surface area contributed by atoms with Crippen molar-refractivity contribution in [2.45, 2.75) is 9.79 Å². The molecule has 0 atom stereocenters. The van der Waals surface area contributed by atoms with E-state index in [2.05, 4.69) is 39.4 Å². The van der Waals surface area contributed by atoms with Gasteiger partial charge in [-0.25, -0.2) is 0 Å². The number of rotatable bonds is 4. The highest BCUT2D eigenvalue weighted by Crippen LogP contribution is 2.30. The monoisotopic (exact) mass is 395 g/mol. The van der Waals surface area contributed by atoms with E-state index in [4.69, 9.17) is 5.41 Å². The SMILES string of the molecule is CSc1cccc(NC(=N)N(C)c2cc(SC)ccc2Br)c1. The second-order valence-electron chi connectivity index (χ2n) is 4.58. The van der Waals surface area contributed by atoms with E-state index in [-0.39, 0.29) is 0 Å². The van der Waals surface area contributed by atoms with Crippen molar-refractivity contribution in [3.05, 3.63) is 46.9 Å². The Morgan fingerprint density at radius 1 is 1.09 bits per heavy atom. The van der Waals surface area contributed by atoms with E-state index in [9.17, 15) is 0 Å². The van der Waals surface area contributed by atoms with Gasteiger partial charge in [-0.2, -0.15) is 0 Å². The normalized spacial score (nSPS) is 10.4. The lowest BCUT2D eigenvalue weighted by Gasteiger charge is -2.23. The van der Waals surface area contributed by atoms with Crippen LogP contribution in [0, 0.1) is 5.41 Å². The standard InChI is InChI=1S/C16H18BrN3S2/c1-20(15-10-13(22-3)7-8-14(15)17)16(18)19-11-5-4-6-12(9-11)21-2/h4-10H,1-3H3,(H2,18,19). The lowest BCUT2D eigenvalue weighted by Crippen LogP contribution is -2.32. The Morgan fingerprint density at radius 3 is 2.45 bits per heavy atom. The van der Waals surface area contributed by atoms with Crippen LogP contribution < -0.4 is 10.2 Å². The van der Waals surface area contributed by atoms with Crippen molar-refractivity contribution in [1.82, 2.24) is 0 Å². The first-order valence-electron chi connectivity index (χ1n) is 6.62. The molecule has 0 aliphatic carbocycles. The number of benzene rings is 2. The van der Waals surface area contributed by atoms with Gasteiger partial charge in [0.05, 0.1) is 5.69 Å². The molecule has 0 saturated heterocycles. The smallest absolute Gasteiger partial charge is 0.199 e. The summed E-state index contributed by atoms with van der Waals surface area (Å²) in [6.07, 6.45) is 4.09. The van der Waals surface area contributed by atoms with E-state index in [1.54, 1.807) is 23.5 Å². The molecule has 2 N–H and O–H groups in total. The van der Waals surface area contributed by atoms with Crippen LogP contribution in [0.1, 0.15) is 0 Å². The van der Waals surface area contributed by atoms with Crippen LogP contribution in [-0.4, -0.2) is 25.5 Å². The molecule has 0 radical (unpaired) electrons. The predicted octanol–water partition coefficient (Wildman–Crippen LogP) is 5.38. The van der Waals surface area contributed by atoms with E-state index in [0.717, 1.165) is 15.8 Å². The number of halogens is 1. The molecule has 2 rings (SSSR count). The highest BCUT2D eigenvalue weighted by Gasteiger charge is 2.12. The van der Waals surface area contributed by atoms with Gasteiger partial charge in [0.15, 0.2) is 5.96 Å². The summed E-state index contributed by atoms with van der Waals surface area (Å²) < 4.78 is 0.970. The van der Waals surface area contributed by atoms with Gasteiger partial charge in [0.25, 0.3) is 0 Å². The molecule has 0 spiro atoms. The molecule has 3 nitrogen and oxygen atoms in total. The largest absolute Gasteiger partial charge is 0.326 e. The third-order valence-electron chi connectivity index (χ3n) is 3.18. The van der Waals surface area contributed by atoms with Crippen molar-refractivity contribution < 1.29 is 0 Å². The molecule has 0 aromatic heterocycles. The summed E-state index contributed by atoms with van der Waals surface area (Å²) in [6, 6.07) is 14.2. The van der Waals surface area contributed by atoms with Gasteiger partial charge in [-0.3, -0.25) is 5.41 Å². The number of thioether (sulfide) groups is 2. The van der Waals surface area contributed by atoms with Crippen molar-refractivity contribution in [2.24, 2.45) is 0 Å². The maximum Gasteiger partial charge on any atom is 0.199 e. The second-order valence-corrected chi connectivity index (χ2v) is 7.20. The Morgan fingerprint density at radius 2 is 1.77 bits per heavy atom. The molecule has 6 heteroatoms. The van der Waals surface area contributed by atoms with Crippen molar-refractivity contribution in [2.75, 3.05) is 29.8 Å². The topological polar surface area (TPSA) is 39.1 Å². The van der Waals surface area contributed by atoms with Crippen LogP contribution >= 0.6 is 39.5 Å². The van der Waals surface area contributed by atoms with Gasteiger partial charge in [0, 0.05) is 27.0 Å². The Bertz CT molecular complexity index is 676. The minimum absolute atomic E-state index is 0.331. The highest BCUT2D eigenvalue weighted by molar-refractivity contribution is 9.10. The summed E-state index contributed by atoms with van der Waals surface area (Å²) in [4.78, 5) is 4.17. The Labute approximate surface area is 148 Å². The summed E-state index contributed by atoms with van der Waals surface area (Å²) >= 11 is 6.93. The second kappa shape index (κ2) is 7.94. The first-order chi connectivity index (χ1) is 10.5. The predicted molar refractivity (Wildman–Crippen MR) is 104 cm³/mol. The Kier molecular flexibility index (Phi) is 6.23. The van der Waals surface area contributed by atoms with Gasteiger partial charge in [-0.05, 0) is 64.8 Å². The van der Waals surface area contributed by atoms with Crippen molar-refractivity contribution in [1.29, 1.82) is 5.41 Å². The van der Waals surface area contributed by atoms with Gasteiger partial charge in [0.2, 0.25) is 0 Å². The Hall–Kier alpha value is -1.11. The van der Waals surface area contributed by atoms with Crippen LogP contribution in [0.3, 0.4) is 0 Å². The van der Waals surface area contributed by atoms with Crippen LogP contribution in [0.4, 0.5) is 11.4 Å². The third kappa shape index (κ3) is 4.21. The fourth-order valence-corrected chi connectivity index (χ4v) is 3.32. The molecule has 0 aliphatic rings. The molecule has 0 saturated carbocycles. The van der Waals surface area contributed by atoms with E-state index in [0.29, 0.717) is 5.96 Å². The van der Waals surface area contributed by atoms with Crippen molar-refractivity contribution in [3.8, 4) is 0 Å². The molecular weight excluding hydrogens is 378 g/mol. The molecule has 0 unspecified atom stereocenters. The Balaban J connectivity index is 2.18. The zero-order valence-corrected chi connectivity index (χ0v) is 15.9. The number of hydrogen-bond acceptors (Lipinski definition) is 3. The van der Waals surface area contributed by atoms with Gasteiger partial charge < -0.3 is 10.2 Å². The number of hydrogen-bond donors (Lipinski definition) is 2. The van der Waals surface area contributed by atoms with E-state index < -0.39 is 0 Å². The van der Waals surface area contributed by atoms with Gasteiger partial charge in [-0.15, -0.1) is 23.5 Å². The molecule has 0 aliphatic heterocycles. The summed E-state index contributed by atoms with van der Waals surface area (Å²) in [5, 5.41) is 11.4. The molecule has 22 heavy (non-hydrogen) atoms. The fraction of sp³-hybridized carbons (Fsp3) is 0.188. The van der Waals surface area contributed by atoms with Gasteiger partial charge in [-0.1, -0.05) is 6.07 Å². The summed E-state index contributed by atoms with van der Waals surface area (Å²) in [7, 11) is 1.89. The van der Waals surface area contributed by atoms with Crippen LogP contribution in [0.5, 0.6) is 0 Å². The molecule has 0 fully saturated rings. The minimum Gasteiger partial charge on any atom is -0.326 e. The zero-order chi connectivity index (χ0) is 16.1. The van der Waals surface area contributed by atoms with E-state index >= 15 is 0 Å². The van der Waals surface area contributed by atoms with Crippen LogP contribution in [0.2, 0.25) is 0 Å². The third-order valence-corrected chi connectivity index (χ3v) is 5.30. The van der Waals surface area contributed by atoms with Gasteiger partial charge in [0.1, 0.15) is 0 Å². The molecule has 0 bridgehead atoms. The maximum atomic E-state index is 8.30. The van der Waals surface area contributed by atoms with E-state index in [1.807, 2.05) is 48.7 Å². The summed E-state index contributed by atoms with van der Waals surface area (Å²) in [5.41, 5.74) is 1.88. The molecule has 0 heterocycles. The van der Waals surface area contributed by atoms with Crippen molar-refractivity contribution >= 4 is 56.8 Å². The average molecular weight is 396 g/mol. The van der Waals surface area contributed by atoms with E-state index in [1.165, 1.54) is 9.79 Å². The first-order valence-corrected chi connectivity index (χ1v) is 9.86. The fourth-order valence-electron chi connectivity index (χ4n) is 1.92. The average Bonchev–Trinajstić information content (AvgIpc) is 2.54. The minimum atomic E-state index is 0.331. The quantitative estimate of drug-likeness (QED) is 0.414. The number of guanidine groups is 1. The molecule has 2 aromatic carbocycles. The summed E-state index contributed by atoms with van der Waals surface area (Å²) in [6.45, 7) is 0. The molecule has 0 amide bonds. The van der Waals surface area contributed by atoms with Crippen LogP contribution in [-0.2, 0) is 0 Å². The highest BCUT2D eigenvalue weighted by atomic mass is 79.9. The molecular formula is C16H18BrN3S2. The lowest BCUT2D eigenvalue weighted by molar-refractivity contribution is 1.19.